The molecule has 1 heterocycles. The molecule has 2 N–H and O–H groups in total. The number of anilines is 3. The first kappa shape index (κ1) is 28.4. The van der Waals surface area contributed by atoms with Gasteiger partial charge in [-0.2, -0.15) is 0 Å². The van der Waals surface area contributed by atoms with E-state index >= 15 is 0 Å². The molecule has 0 aliphatic carbocycles. The summed E-state index contributed by atoms with van der Waals surface area (Å²) in [4.78, 5) is 15.1. The highest BCUT2D eigenvalue weighted by atomic mass is 35.5. The number of hydrogen-bond acceptors (Lipinski definition) is 5. The van der Waals surface area contributed by atoms with Crippen LogP contribution < -0.4 is 14.9 Å². The molecule has 210 valence electrons. The first-order chi connectivity index (χ1) is 19.7. The molecule has 41 heavy (non-hydrogen) atoms. The fourth-order valence-corrected chi connectivity index (χ4v) is 6.46. The van der Waals surface area contributed by atoms with E-state index in [2.05, 4.69) is 10.6 Å². The fraction of sp³-hybridized carbons (Fsp3) is 0.156. The first-order valence-corrected chi connectivity index (χ1v) is 15.2. The van der Waals surface area contributed by atoms with Gasteiger partial charge in [-0.3, -0.25) is 9.10 Å². The molecule has 5 rings (SSSR count). The SMILES string of the molecule is CN(C)CCN(c1ccc(NC(=C2C(=O)Nc3cc(Cl)ccc32)c2ccccc2)cc1)S(=O)(=O)Cc1ccccc1. The molecule has 7 nitrogen and oxygen atoms in total. The third kappa shape index (κ3) is 6.62. The van der Waals surface area contributed by atoms with Gasteiger partial charge in [0.2, 0.25) is 10.0 Å². The molecule has 1 aliphatic rings. The van der Waals surface area contributed by atoms with E-state index in [0.717, 1.165) is 16.7 Å². The first-order valence-electron chi connectivity index (χ1n) is 13.2. The maximum absolute atomic E-state index is 13.5. The number of sulfonamides is 1. The Hall–Kier alpha value is -4.11. The molecule has 0 atom stereocenters. The highest BCUT2D eigenvalue weighted by Gasteiger charge is 2.29. The Bertz CT molecular complexity index is 1670. The van der Waals surface area contributed by atoms with Crippen molar-refractivity contribution in [1.29, 1.82) is 0 Å². The Kier molecular flexibility index (Phi) is 8.44. The van der Waals surface area contributed by atoms with Crippen molar-refractivity contribution in [2.45, 2.75) is 5.75 Å². The summed E-state index contributed by atoms with van der Waals surface area (Å²) in [7, 11) is 0.184. The van der Waals surface area contributed by atoms with Crippen molar-refractivity contribution in [1.82, 2.24) is 4.90 Å². The lowest BCUT2D eigenvalue weighted by atomic mass is 10.00. The molecule has 0 spiro atoms. The summed E-state index contributed by atoms with van der Waals surface area (Å²) in [6.07, 6.45) is 0. The van der Waals surface area contributed by atoms with Crippen LogP contribution in [0.15, 0.2) is 103 Å². The predicted octanol–water partition coefficient (Wildman–Crippen LogP) is 6.17. The molecular weight excluding hydrogens is 556 g/mol. The maximum Gasteiger partial charge on any atom is 0.258 e. The lowest BCUT2D eigenvalue weighted by Gasteiger charge is -2.26. The topological polar surface area (TPSA) is 81.8 Å². The van der Waals surface area contributed by atoms with E-state index in [4.69, 9.17) is 11.6 Å². The van der Waals surface area contributed by atoms with Gasteiger partial charge in [-0.05, 0) is 61.6 Å². The summed E-state index contributed by atoms with van der Waals surface area (Å²) in [5.74, 6) is -0.323. The largest absolute Gasteiger partial charge is 0.354 e. The van der Waals surface area contributed by atoms with Crippen LogP contribution in [0.25, 0.3) is 11.3 Å². The highest BCUT2D eigenvalue weighted by molar-refractivity contribution is 7.92. The molecule has 0 aromatic heterocycles. The van der Waals surface area contributed by atoms with E-state index in [1.165, 1.54) is 4.31 Å². The van der Waals surface area contributed by atoms with E-state index in [9.17, 15) is 13.2 Å². The number of carbonyl (C=O) groups excluding carboxylic acids is 1. The van der Waals surface area contributed by atoms with Crippen LogP contribution in [0.1, 0.15) is 16.7 Å². The summed E-state index contributed by atoms with van der Waals surface area (Å²) in [6, 6.07) is 31.4. The highest BCUT2D eigenvalue weighted by Crippen LogP contribution is 2.39. The molecular formula is C32H31ClN4O3S. The molecule has 1 aliphatic heterocycles. The smallest absolute Gasteiger partial charge is 0.258 e. The van der Waals surface area contributed by atoms with E-state index in [0.29, 0.717) is 46.4 Å². The van der Waals surface area contributed by atoms with E-state index < -0.39 is 10.0 Å². The van der Waals surface area contributed by atoms with Gasteiger partial charge in [0.25, 0.3) is 5.91 Å². The number of amides is 1. The minimum atomic E-state index is -3.65. The molecule has 0 fully saturated rings. The Morgan fingerprint density at radius 2 is 1.51 bits per heavy atom. The zero-order valence-corrected chi connectivity index (χ0v) is 24.4. The Morgan fingerprint density at radius 3 is 2.17 bits per heavy atom. The molecule has 4 aromatic carbocycles. The minimum Gasteiger partial charge on any atom is -0.354 e. The van der Waals surface area contributed by atoms with Crippen molar-refractivity contribution >= 4 is 55.9 Å². The maximum atomic E-state index is 13.5. The lowest BCUT2D eigenvalue weighted by molar-refractivity contribution is -0.110. The quantitative estimate of drug-likeness (QED) is 0.217. The standard InChI is InChI=1S/C32H31ClN4O3S/c1-36(2)19-20-37(41(39,40)22-23-9-5-3-6-10-23)27-16-14-26(15-17-27)34-31(24-11-7-4-8-12-24)30-28-18-13-25(33)21-29(28)35-32(30)38/h3-18,21,34H,19-20,22H2,1-2H3,(H,35,38). The molecule has 0 radical (unpaired) electrons. The van der Waals surface area contributed by atoms with Gasteiger partial charge in [-0.15, -0.1) is 0 Å². The second-order valence-electron chi connectivity index (χ2n) is 10.0. The van der Waals surface area contributed by atoms with Crippen molar-refractivity contribution in [2.24, 2.45) is 0 Å². The van der Waals surface area contributed by atoms with Crippen LogP contribution in [0.3, 0.4) is 0 Å². The van der Waals surface area contributed by atoms with Gasteiger partial charge in [0.05, 0.1) is 28.4 Å². The molecule has 4 aromatic rings. The van der Waals surface area contributed by atoms with Crippen molar-refractivity contribution in [3.8, 4) is 0 Å². The van der Waals surface area contributed by atoms with Crippen molar-refractivity contribution in [2.75, 3.05) is 42.1 Å². The summed E-state index contributed by atoms with van der Waals surface area (Å²) in [5, 5.41) is 6.88. The van der Waals surface area contributed by atoms with Crippen LogP contribution in [-0.2, 0) is 20.6 Å². The number of halogens is 1. The average Bonchev–Trinajstić information content (AvgIpc) is 3.27. The molecule has 1 amide bonds. The average molecular weight is 587 g/mol. The third-order valence-corrected chi connectivity index (χ3v) is 8.74. The normalized spacial score (nSPS) is 14.0. The minimum absolute atomic E-state index is 0.0932. The van der Waals surface area contributed by atoms with Crippen LogP contribution >= 0.6 is 11.6 Å². The zero-order chi connectivity index (χ0) is 29.0. The van der Waals surface area contributed by atoms with Crippen LogP contribution in [0.2, 0.25) is 5.02 Å². The van der Waals surface area contributed by atoms with E-state index in [1.54, 1.807) is 24.3 Å². The van der Waals surface area contributed by atoms with E-state index in [1.807, 2.05) is 97.9 Å². The lowest BCUT2D eigenvalue weighted by Crippen LogP contribution is -2.37. The second-order valence-corrected chi connectivity index (χ2v) is 12.4. The zero-order valence-electron chi connectivity index (χ0n) is 22.8. The number of benzene rings is 4. The van der Waals surface area contributed by atoms with Gasteiger partial charge in [0, 0.05) is 29.4 Å². The number of carbonyl (C=O) groups is 1. The van der Waals surface area contributed by atoms with Crippen molar-refractivity contribution in [3.05, 3.63) is 125 Å². The summed E-state index contributed by atoms with van der Waals surface area (Å²) in [5.41, 5.74) is 5.40. The Morgan fingerprint density at radius 1 is 0.854 bits per heavy atom. The van der Waals surface area contributed by atoms with Crippen LogP contribution in [0.5, 0.6) is 0 Å². The summed E-state index contributed by atoms with van der Waals surface area (Å²) in [6.45, 7) is 0.880. The van der Waals surface area contributed by atoms with Crippen molar-refractivity contribution < 1.29 is 13.2 Å². The number of nitrogens with zero attached hydrogens (tertiary/aromatic N) is 2. The van der Waals surface area contributed by atoms with Crippen LogP contribution in [0.4, 0.5) is 17.1 Å². The number of likely N-dealkylation sites (N-methyl/N-ethyl adjacent to an activating group) is 1. The van der Waals surface area contributed by atoms with Gasteiger partial charge >= 0.3 is 0 Å². The molecule has 0 unspecified atom stereocenters. The van der Waals surface area contributed by atoms with Gasteiger partial charge in [0.15, 0.2) is 0 Å². The number of rotatable bonds is 10. The molecule has 0 bridgehead atoms. The Balaban J connectivity index is 1.49. The molecule has 9 heteroatoms. The van der Waals surface area contributed by atoms with Gasteiger partial charge in [-0.25, -0.2) is 8.42 Å². The fourth-order valence-electron chi connectivity index (χ4n) is 4.71. The number of fused-ring (bicyclic) bond motifs is 1. The molecule has 0 saturated carbocycles. The third-order valence-electron chi connectivity index (χ3n) is 6.74. The van der Waals surface area contributed by atoms with Crippen molar-refractivity contribution in [3.63, 3.8) is 0 Å². The van der Waals surface area contributed by atoms with Crippen LogP contribution in [-0.4, -0.2) is 46.4 Å². The Labute approximate surface area is 246 Å². The molecule has 0 saturated heterocycles. The summed E-state index contributed by atoms with van der Waals surface area (Å²) < 4.78 is 28.5. The predicted molar refractivity (Wildman–Crippen MR) is 168 cm³/mol. The van der Waals surface area contributed by atoms with Gasteiger partial charge in [0.1, 0.15) is 0 Å². The van der Waals surface area contributed by atoms with E-state index in [-0.39, 0.29) is 11.7 Å². The second kappa shape index (κ2) is 12.2. The van der Waals surface area contributed by atoms with Gasteiger partial charge in [-0.1, -0.05) is 78.3 Å². The number of nitrogens with one attached hydrogen (secondary N) is 2. The summed E-state index contributed by atoms with van der Waals surface area (Å²) >= 11 is 6.17. The van der Waals surface area contributed by atoms with Gasteiger partial charge < -0.3 is 15.5 Å². The number of hydrogen-bond donors (Lipinski definition) is 2. The monoisotopic (exact) mass is 586 g/mol. The van der Waals surface area contributed by atoms with Crippen LogP contribution in [0, 0.1) is 0 Å².